The predicted octanol–water partition coefficient (Wildman–Crippen LogP) is 0.242. The summed E-state index contributed by atoms with van der Waals surface area (Å²) >= 11 is 0. The number of nitrogens with one attached hydrogen (secondary N) is 2. The first kappa shape index (κ1) is 20.4. The van der Waals surface area contributed by atoms with Crippen LogP contribution in [-0.2, 0) is 14.4 Å². The van der Waals surface area contributed by atoms with Crippen molar-refractivity contribution in [2.24, 2.45) is 17.1 Å². The van der Waals surface area contributed by atoms with Gasteiger partial charge in [-0.2, -0.15) is 0 Å². The zero-order valence-corrected chi connectivity index (χ0v) is 15.2. The van der Waals surface area contributed by atoms with Gasteiger partial charge in [0.2, 0.25) is 17.7 Å². The number of hydrogen-bond acceptors (Lipinski definition) is 4. The molecule has 4 N–H and O–H groups in total. The van der Waals surface area contributed by atoms with Crippen LogP contribution in [0.5, 0.6) is 0 Å². The molecule has 0 radical (unpaired) electrons. The molecule has 1 rings (SSSR count). The molecule has 24 heavy (non-hydrogen) atoms. The molecule has 1 aliphatic heterocycles. The zero-order valence-electron chi connectivity index (χ0n) is 15.2. The van der Waals surface area contributed by atoms with Crippen LogP contribution in [-0.4, -0.2) is 55.3 Å². The van der Waals surface area contributed by atoms with E-state index in [9.17, 15) is 14.4 Å². The third-order valence-corrected chi connectivity index (χ3v) is 4.12. The standard InChI is InChI=1S/C17H32N4O3/c1-17(2,3)16(24)20-9-4-7-14(22)21-11-5-6-13(12-21)15(23)19-10-8-18/h13H,4-12,18H2,1-3H3,(H,19,23)(H,20,24). The summed E-state index contributed by atoms with van der Waals surface area (Å²) in [5.41, 5.74) is 4.97. The smallest absolute Gasteiger partial charge is 0.225 e. The van der Waals surface area contributed by atoms with E-state index in [2.05, 4.69) is 10.6 Å². The number of amides is 3. The Hall–Kier alpha value is -1.63. The van der Waals surface area contributed by atoms with Crippen molar-refractivity contribution in [3.63, 3.8) is 0 Å². The highest BCUT2D eigenvalue weighted by Crippen LogP contribution is 2.18. The van der Waals surface area contributed by atoms with E-state index >= 15 is 0 Å². The van der Waals surface area contributed by atoms with Crippen LogP contribution in [0.25, 0.3) is 0 Å². The molecule has 1 fully saturated rings. The number of hydrogen-bond donors (Lipinski definition) is 3. The zero-order chi connectivity index (χ0) is 18.2. The van der Waals surface area contributed by atoms with Gasteiger partial charge in [-0.3, -0.25) is 14.4 Å². The molecule has 0 aromatic carbocycles. The van der Waals surface area contributed by atoms with Crippen LogP contribution < -0.4 is 16.4 Å². The molecule has 1 atom stereocenters. The van der Waals surface area contributed by atoms with E-state index in [1.165, 1.54) is 0 Å². The first-order chi connectivity index (χ1) is 11.3. The molecule has 1 aliphatic rings. The lowest BCUT2D eigenvalue weighted by molar-refractivity contribution is -0.136. The first-order valence-corrected chi connectivity index (χ1v) is 8.79. The maximum absolute atomic E-state index is 12.3. The number of nitrogens with zero attached hydrogens (tertiary/aromatic N) is 1. The summed E-state index contributed by atoms with van der Waals surface area (Å²) in [5, 5.41) is 5.64. The molecule has 0 spiro atoms. The van der Waals surface area contributed by atoms with Crippen LogP contribution in [0.3, 0.4) is 0 Å². The Labute approximate surface area is 144 Å². The SMILES string of the molecule is CC(C)(C)C(=O)NCCCC(=O)N1CCCC(C(=O)NCCN)C1. The highest BCUT2D eigenvalue weighted by molar-refractivity contribution is 5.82. The molecule has 1 saturated heterocycles. The molecular weight excluding hydrogens is 308 g/mol. The molecule has 138 valence electrons. The largest absolute Gasteiger partial charge is 0.356 e. The van der Waals surface area contributed by atoms with Crippen molar-refractivity contribution in [1.82, 2.24) is 15.5 Å². The van der Waals surface area contributed by atoms with Gasteiger partial charge in [0, 0.05) is 44.6 Å². The van der Waals surface area contributed by atoms with Crippen LogP contribution in [0.2, 0.25) is 0 Å². The number of carbonyl (C=O) groups is 3. The summed E-state index contributed by atoms with van der Waals surface area (Å²) in [6, 6.07) is 0. The van der Waals surface area contributed by atoms with Crippen molar-refractivity contribution in [3.05, 3.63) is 0 Å². The van der Waals surface area contributed by atoms with Crippen LogP contribution in [0, 0.1) is 11.3 Å². The second kappa shape index (κ2) is 9.61. The minimum absolute atomic E-state index is 0.00967. The maximum Gasteiger partial charge on any atom is 0.225 e. The quantitative estimate of drug-likeness (QED) is 0.578. The van der Waals surface area contributed by atoms with Gasteiger partial charge in [-0.1, -0.05) is 20.8 Å². The van der Waals surface area contributed by atoms with Crippen LogP contribution in [0.4, 0.5) is 0 Å². The van der Waals surface area contributed by atoms with Gasteiger partial charge in [-0.05, 0) is 19.3 Å². The fraction of sp³-hybridized carbons (Fsp3) is 0.824. The molecule has 0 aliphatic carbocycles. The van der Waals surface area contributed by atoms with Crippen molar-refractivity contribution >= 4 is 17.7 Å². The summed E-state index contributed by atoms with van der Waals surface area (Å²) in [4.78, 5) is 37.8. The Balaban J connectivity index is 2.32. The average molecular weight is 340 g/mol. The molecule has 7 nitrogen and oxygen atoms in total. The van der Waals surface area contributed by atoms with Gasteiger partial charge in [0.25, 0.3) is 0 Å². The fourth-order valence-corrected chi connectivity index (χ4v) is 2.62. The van der Waals surface area contributed by atoms with Crippen molar-refractivity contribution in [3.8, 4) is 0 Å². The summed E-state index contributed by atoms with van der Waals surface area (Å²) in [7, 11) is 0. The Kier molecular flexibility index (Phi) is 8.18. The number of likely N-dealkylation sites (tertiary alicyclic amines) is 1. The van der Waals surface area contributed by atoms with Gasteiger partial charge in [0.15, 0.2) is 0 Å². The monoisotopic (exact) mass is 340 g/mol. The number of piperidine rings is 1. The van der Waals surface area contributed by atoms with E-state index < -0.39 is 5.41 Å². The molecule has 0 saturated carbocycles. The minimum atomic E-state index is -0.416. The Morgan fingerprint density at radius 1 is 1.17 bits per heavy atom. The van der Waals surface area contributed by atoms with Crippen LogP contribution >= 0.6 is 0 Å². The van der Waals surface area contributed by atoms with E-state index in [4.69, 9.17) is 5.73 Å². The lowest BCUT2D eigenvalue weighted by Gasteiger charge is -2.32. The Bertz CT molecular complexity index is 446. The third-order valence-electron chi connectivity index (χ3n) is 4.12. The number of carbonyl (C=O) groups excluding carboxylic acids is 3. The highest BCUT2D eigenvalue weighted by Gasteiger charge is 2.28. The number of rotatable bonds is 7. The van der Waals surface area contributed by atoms with Crippen molar-refractivity contribution in [2.45, 2.75) is 46.5 Å². The van der Waals surface area contributed by atoms with Gasteiger partial charge in [0.1, 0.15) is 0 Å². The molecule has 1 unspecified atom stereocenters. The summed E-state index contributed by atoms with van der Waals surface area (Å²) in [6.45, 7) is 8.14. The van der Waals surface area contributed by atoms with Crippen molar-refractivity contribution in [1.29, 1.82) is 0 Å². The van der Waals surface area contributed by atoms with Crippen LogP contribution in [0.1, 0.15) is 46.5 Å². The molecule has 3 amide bonds. The van der Waals surface area contributed by atoms with E-state index in [1.54, 1.807) is 4.90 Å². The second-order valence-electron chi connectivity index (χ2n) is 7.37. The van der Waals surface area contributed by atoms with E-state index in [0.717, 1.165) is 12.8 Å². The molecular formula is C17H32N4O3. The van der Waals surface area contributed by atoms with E-state index in [0.29, 0.717) is 45.6 Å². The maximum atomic E-state index is 12.3. The number of nitrogens with two attached hydrogens (primary N) is 1. The molecule has 0 bridgehead atoms. The van der Waals surface area contributed by atoms with Gasteiger partial charge in [-0.15, -0.1) is 0 Å². The lowest BCUT2D eigenvalue weighted by Crippen LogP contribution is -2.46. The Morgan fingerprint density at radius 2 is 1.88 bits per heavy atom. The minimum Gasteiger partial charge on any atom is -0.356 e. The fourth-order valence-electron chi connectivity index (χ4n) is 2.62. The van der Waals surface area contributed by atoms with E-state index in [1.807, 2.05) is 20.8 Å². The lowest BCUT2D eigenvalue weighted by atomic mass is 9.95. The van der Waals surface area contributed by atoms with Crippen LogP contribution in [0.15, 0.2) is 0 Å². The van der Waals surface area contributed by atoms with Gasteiger partial charge in [0.05, 0.1) is 5.92 Å². The summed E-state index contributed by atoms with van der Waals surface area (Å²) in [6.07, 6.45) is 2.65. The van der Waals surface area contributed by atoms with Gasteiger partial charge < -0.3 is 21.3 Å². The third kappa shape index (κ3) is 6.86. The molecule has 1 heterocycles. The van der Waals surface area contributed by atoms with Crippen molar-refractivity contribution in [2.75, 3.05) is 32.7 Å². The summed E-state index contributed by atoms with van der Waals surface area (Å²) < 4.78 is 0. The normalized spacial score (nSPS) is 18.2. The molecule has 7 heteroatoms. The van der Waals surface area contributed by atoms with Crippen molar-refractivity contribution < 1.29 is 14.4 Å². The topological polar surface area (TPSA) is 105 Å². The second-order valence-corrected chi connectivity index (χ2v) is 7.37. The Morgan fingerprint density at radius 3 is 2.50 bits per heavy atom. The first-order valence-electron chi connectivity index (χ1n) is 8.79. The van der Waals surface area contributed by atoms with Gasteiger partial charge in [-0.25, -0.2) is 0 Å². The summed E-state index contributed by atoms with van der Waals surface area (Å²) in [5.74, 6) is -0.119. The average Bonchev–Trinajstić information content (AvgIpc) is 2.55. The predicted molar refractivity (Wildman–Crippen MR) is 93.1 cm³/mol. The van der Waals surface area contributed by atoms with Gasteiger partial charge >= 0.3 is 0 Å². The highest BCUT2D eigenvalue weighted by atomic mass is 16.2. The molecule has 0 aromatic rings. The van der Waals surface area contributed by atoms with E-state index in [-0.39, 0.29) is 23.6 Å². The molecule has 0 aromatic heterocycles.